The predicted molar refractivity (Wildman–Crippen MR) is 109 cm³/mol. The summed E-state index contributed by atoms with van der Waals surface area (Å²) >= 11 is 0. The van der Waals surface area contributed by atoms with Crippen LogP contribution in [0.5, 0.6) is 11.5 Å². The van der Waals surface area contributed by atoms with Gasteiger partial charge in [-0.3, -0.25) is 4.90 Å². The van der Waals surface area contributed by atoms with E-state index in [1.54, 1.807) is 7.11 Å². The molecule has 0 aromatic heterocycles. The lowest BCUT2D eigenvalue weighted by Crippen LogP contribution is -2.20. The minimum Gasteiger partial charge on any atom is -0.493 e. The molecule has 2 aliphatic rings. The maximum absolute atomic E-state index is 9.75. The summed E-state index contributed by atoms with van der Waals surface area (Å²) in [6.45, 7) is 2.58. The van der Waals surface area contributed by atoms with Crippen molar-refractivity contribution in [2.45, 2.75) is 44.2 Å². The molecule has 0 N–H and O–H groups in total. The molecule has 4 heteroatoms. The number of hydrogen-bond acceptors (Lipinski definition) is 4. The standard InChI is InChI=1S/C24H28N2O2/c1-27-23-12-11-19(13-24(23)28-21-9-5-6-10-21)22-17-26(16-20(22)14-25)15-18-7-3-2-4-8-18/h2-4,7-8,11-13,20-22H,5-6,9-10,15-17H2,1H3. The molecule has 1 saturated carbocycles. The van der Waals surface area contributed by atoms with E-state index in [1.165, 1.54) is 24.0 Å². The molecule has 1 aliphatic carbocycles. The van der Waals surface area contributed by atoms with Gasteiger partial charge in [0.2, 0.25) is 0 Å². The van der Waals surface area contributed by atoms with Crippen molar-refractivity contribution in [3.8, 4) is 17.6 Å². The van der Waals surface area contributed by atoms with Crippen LogP contribution in [0.15, 0.2) is 48.5 Å². The number of ether oxygens (including phenoxy) is 2. The van der Waals surface area contributed by atoms with Crippen LogP contribution in [0.4, 0.5) is 0 Å². The molecule has 0 radical (unpaired) electrons. The fraction of sp³-hybridized carbons (Fsp3) is 0.458. The van der Waals surface area contributed by atoms with Crippen molar-refractivity contribution in [3.63, 3.8) is 0 Å². The van der Waals surface area contributed by atoms with Crippen molar-refractivity contribution in [3.05, 3.63) is 59.7 Å². The number of rotatable bonds is 6. The Balaban J connectivity index is 1.52. The number of nitriles is 1. The first-order valence-corrected chi connectivity index (χ1v) is 10.3. The van der Waals surface area contributed by atoms with Crippen LogP contribution < -0.4 is 9.47 Å². The second-order valence-electron chi connectivity index (χ2n) is 7.96. The third-order valence-electron chi connectivity index (χ3n) is 6.02. The highest BCUT2D eigenvalue weighted by molar-refractivity contribution is 5.45. The third-order valence-corrected chi connectivity index (χ3v) is 6.02. The minimum atomic E-state index is -0.00330. The second kappa shape index (κ2) is 8.67. The van der Waals surface area contributed by atoms with Gasteiger partial charge in [-0.15, -0.1) is 0 Å². The maximum Gasteiger partial charge on any atom is 0.161 e. The normalized spacial score (nSPS) is 22.9. The first-order valence-electron chi connectivity index (χ1n) is 10.3. The zero-order valence-electron chi connectivity index (χ0n) is 16.5. The van der Waals surface area contributed by atoms with Gasteiger partial charge in [0, 0.05) is 25.6 Å². The van der Waals surface area contributed by atoms with Crippen LogP contribution in [0.3, 0.4) is 0 Å². The van der Waals surface area contributed by atoms with Crippen molar-refractivity contribution in [1.82, 2.24) is 4.90 Å². The Labute approximate surface area is 167 Å². The fourth-order valence-corrected chi connectivity index (χ4v) is 4.53. The van der Waals surface area contributed by atoms with Crippen LogP contribution in [-0.2, 0) is 6.54 Å². The lowest BCUT2D eigenvalue weighted by molar-refractivity contribution is 0.200. The van der Waals surface area contributed by atoms with E-state index >= 15 is 0 Å². The molecule has 1 heterocycles. The van der Waals surface area contributed by atoms with Crippen molar-refractivity contribution >= 4 is 0 Å². The Kier molecular flexibility index (Phi) is 5.83. The number of methoxy groups -OCH3 is 1. The summed E-state index contributed by atoms with van der Waals surface area (Å²) in [5, 5.41) is 9.75. The molecule has 2 aromatic carbocycles. The molecule has 4 rings (SSSR count). The Hall–Kier alpha value is -2.51. The molecular formula is C24H28N2O2. The van der Waals surface area contributed by atoms with Crippen molar-refractivity contribution in [2.75, 3.05) is 20.2 Å². The number of likely N-dealkylation sites (tertiary alicyclic amines) is 1. The Bertz CT molecular complexity index is 824. The Morgan fingerprint density at radius 2 is 1.82 bits per heavy atom. The topological polar surface area (TPSA) is 45.5 Å². The number of hydrogen-bond donors (Lipinski definition) is 0. The van der Waals surface area contributed by atoms with E-state index in [0.717, 1.165) is 44.0 Å². The van der Waals surface area contributed by atoms with Gasteiger partial charge in [0.25, 0.3) is 0 Å². The van der Waals surface area contributed by atoms with E-state index in [9.17, 15) is 5.26 Å². The van der Waals surface area contributed by atoms with Gasteiger partial charge in [0.15, 0.2) is 11.5 Å². The number of benzene rings is 2. The monoisotopic (exact) mass is 376 g/mol. The fourth-order valence-electron chi connectivity index (χ4n) is 4.53. The lowest BCUT2D eigenvalue weighted by Gasteiger charge is -2.20. The summed E-state index contributed by atoms with van der Waals surface area (Å²) in [5.41, 5.74) is 2.47. The average Bonchev–Trinajstić information content (AvgIpc) is 3.38. The summed E-state index contributed by atoms with van der Waals surface area (Å²) in [7, 11) is 1.69. The first-order chi connectivity index (χ1) is 13.8. The van der Waals surface area contributed by atoms with Crippen molar-refractivity contribution < 1.29 is 9.47 Å². The van der Waals surface area contributed by atoms with Gasteiger partial charge >= 0.3 is 0 Å². The van der Waals surface area contributed by atoms with E-state index in [0.29, 0.717) is 0 Å². The first kappa shape index (κ1) is 18.8. The predicted octanol–water partition coefficient (Wildman–Crippen LogP) is 4.76. The molecule has 2 unspecified atom stereocenters. The van der Waals surface area contributed by atoms with E-state index in [2.05, 4.69) is 47.4 Å². The summed E-state index contributed by atoms with van der Waals surface area (Å²) in [6, 6.07) is 19.2. The van der Waals surface area contributed by atoms with Gasteiger partial charge in [-0.25, -0.2) is 0 Å². The van der Waals surface area contributed by atoms with Crippen LogP contribution in [0.1, 0.15) is 42.7 Å². The summed E-state index contributed by atoms with van der Waals surface area (Å²) in [4.78, 5) is 2.38. The van der Waals surface area contributed by atoms with Gasteiger partial charge in [-0.05, 0) is 48.9 Å². The van der Waals surface area contributed by atoms with Crippen LogP contribution in [0.25, 0.3) is 0 Å². The highest BCUT2D eigenvalue weighted by Crippen LogP contribution is 2.39. The zero-order valence-corrected chi connectivity index (χ0v) is 16.5. The molecule has 2 atom stereocenters. The smallest absolute Gasteiger partial charge is 0.161 e. The molecular weight excluding hydrogens is 348 g/mol. The van der Waals surface area contributed by atoms with Gasteiger partial charge in [-0.1, -0.05) is 36.4 Å². The van der Waals surface area contributed by atoms with Gasteiger partial charge < -0.3 is 9.47 Å². The highest BCUT2D eigenvalue weighted by atomic mass is 16.5. The van der Waals surface area contributed by atoms with E-state index in [-0.39, 0.29) is 17.9 Å². The molecule has 4 nitrogen and oxygen atoms in total. The molecule has 146 valence electrons. The highest BCUT2D eigenvalue weighted by Gasteiger charge is 2.34. The van der Waals surface area contributed by atoms with Gasteiger partial charge in [0.05, 0.1) is 25.2 Å². The maximum atomic E-state index is 9.75. The molecule has 0 amide bonds. The molecule has 0 bridgehead atoms. The van der Waals surface area contributed by atoms with E-state index in [1.807, 2.05) is 12.1 Å². The van der Waals surface area contributed by atoms with E-state index < -0.39 is 0 Å². The SMILES string of the molecule is COc1ccc(C2CN(Cc3ccccc3)CC2C#N)cc1OC1CCCC1. The number of nitrogens with zero attached hydrogens (tertiary/aromatic N) is 2. The Morgan fingerprint density at radius 3 is 2.54 bits per heavy atom. The average molecular weight is 377 g/mol. The summed E-state index contributed by atoms with van der Waals surface area (Å²) in [5.74, 6) is 1.80. The second-order valence-corrected chi connectivity index (χ2v) is 7.96. The quantitative estimate of drug-likeness (QED) is 0.729. The van der Waals surface area contributed by atoms with Crippen LogP contribution in [0, 0.1) is 17.2 Å². The molecule has 28 heavy (non-hydrogen) atoms. The molecule has 2 aromatic rings. The zero-order chi connectivity index (χ0) is 19.3. The molecule has 0 spiro atoms. The van der Waals surface area contributed by atoms with Gasteiger partial charge in [0.1, 0.15) is 0 Å². The summed E-state index contributed by atoms with van der Waals surface area (Å²) < 4.78 is 11.8. The van der Waals surface area contributed by atoms with Crippen LogP contribution in [-0.4, -0.2) is 31.2 Å². The van der Waals surface area contributed by atoms with Gasteiger partial charge in [-0.2, -0.15) is 5.26 Å². The van der Waals surface area contributed by atoms with Crippen LogP contribution in [0.2, 0.25) is 0 Å². The van der Waals surface area contributed by atoms with Crippen LogP contribution >= 0.6 is 0 Å². The summed E-state index contributed by atoms with van der Waals surface area (Å²) in [6.07, 6.45) is 4.99. The lowest BCUT2D eigenvalue weighted by atomic mass is 9.90. The molecule has 1 aliphatic heterocycles. The Morgan fingerprint density at radius 1 is 1.04 bits per heavy atom. The minimum absolute atomic E-state index is 0.00330. The molecule has 2 fully saturated rings. The molecule has 1 saturated heterocycles. The van der Waals surface area contributed by atoms with Crippen molar-refractivity contribution in [2.24, 2.45) is 5.92 Å². The van der Waals surface area contributed by atoms with E-state index in [4.69, 9.17) is 9.47 Å². The largest absolute Gasteiger partial charge is 0.493 e. The van der Waals surface area contributed by atoms with Crippen molar-refractivity contribution in [1.29, 1.82) is 5.26 Å². The third kappa shape index (κ3) is 4.15.